The van der Waals surface area contributed by atoms with E-state index in [4.69, 9.17) is 5.73 Å². The minimum Gasteiger partial charge on any atom is -0.334 e. The number of rotatable bonds is 3. The third-order valence-corrected chi connectivity index (χ3v) is 3.74. The second-order valence-electron chi connectivity index (χ2n) is 6.00. The number of hydrogen-bond acceptors (Lipinski definition) is 2. The normalized spacial score (nSPS) is 24.1. The quantitative estimate of drug-likeness (QED) is 0.924. The summed E-state index contributed by atoms with van der Waals surface area (Å²) in [6.07, 6.45) is 2.13. The summed E-state index contributed by atoms with van der Waals surface area (Å²) < 4.78 is 13.5. The Morgan fingerprint density at radius 2 is 2.20 bits per heavy atom. The van der Waals surface area contributed by atoms with Crippen LogP contribution in [0.4, 0.5) is 4.39 Å². The van der Waals surface area contributed by atoms with Crippen LogP contribution in [0.25, 0.3) is 0 Å². The molecule has 20 heavy (non-hydrogen) atoms. The van der Waals surface area contributed by atoms with Crippen molar-refractivity contribution in [1.82, 2.24) is 4.90 Å². The van der Waals surface area contributed by atoms with Gasteiger partial charge in [-0.1, -0.05) is 26.0 Å². The number of carbonyl (C=O) groups excluding carboxylic acids is 1. The monoisotopic (exact) mass is 278 g/mol. The van der Waals surface area contributed by atoms with Crippen molar-refractivity contribution in [1.29, 1.82) is 0 Å². The lowest BCUT2D eigenvalue weighted by Gasteiger charge is -2.35. The second kappa shape index (κ2) is 6.35. The van der Waals surface area contributed by atoms with Crippen LogP contribution in [0.3, 0.4) is 0 Å². The van der Waals surface area contributed by atoms with Gasteiger partial charge in [-0.05, 0) is 36.5 Å². The van der Waals surface area contributed by atoms with Gasteiger partial charge in [-0.25, -0.2) is 4.39 Å². The SMILES string of the molecule is CC(C)CN1C(=O)CCCC(N)C1c1cccc(F)c1. The van der Waals surface area contributed by atoms with Crippen molar-refractivity contribution in [2.75, 3.05) is 6.54 Å². The Balaban J connectivity index is 2.38. The first-order valence-electron chi connectivity index (χ1n) is 7.29. The van der Waals surface area contributed by atoms with Crippen molar-refractivity contribution in [3.05, 3.63) is 35.6 Å². The topological polar surface area (TPSA) is 46.3 Å². The summed E-state index contributed by atoms with van der Waals surface area (Å²) in [5, 5.41) is 0. The standard InChI is InChI=1S/C16H23FN2O/c1-11(2)10-19-15(20)8-4-7-14(18)16(19)12-5-3-6-13(17)9-12/h3,5-6,9,11,14,16H,4,7-8,10,18H2,1-2H3. The van der Waals surface area contributed by atoms with Gasteiger partial charge in [0.1, 0.15) is 5.82 Å². The summed E-state index contributed by atoms with van der Waals surface area (Å²) in [7, 11) is 0. The van der Waals surface area contributed by atoms with E-state index >= 15 is 0 Å². The zero-order valence-electron chi connectivity index (χ0n) is 12.2. The summed E-state index contributed by atoms with van der Waals surface area (Å²) in [4.78, 5) is 14.2. The van der Waals surface area contributed by atoms with Gasteiger partial charge in [0.15, 0.2) is 0 Å². The van der Waals surface area contributed by atoms with E-state index in [1.807, 2.05) is 11.0 Å². The zero-order valence-corrected chi connectivity index (χ0v) is 12.2. The van der Waals surface area contributed by atoms with E-state index in [9.17, 15) is 9.18 Å². The smallest absolute Gasteiger partial charge is 0.223 e. The molecular formula is C16H23FN2O. The van der Waals surface area contributed by atoms with E-state index in [1.165, 1.54) is 12.1 Å². The van der Waals surface area contributed by atoms with Crippen LogP contribution in [0, 0.1) is 11.7 Å². The Labute approximate surface area is 120 Å². The van der Waals surface area contributed by atoms with E-state index in [1.54, 1.807) is 6.07 Å². The van der Waals surface area contributed by atoms with Crippen molar-refractivity contribution in [2.45, 2.75) is 45.2 Å². The Morgan fingerprint density at radius 1 is 1.45 bits per heavy atom. The van der Waals surface area contributed by atoms with Crippen molar-refractivity contribution in [2.24, 2.45) is 11.7 Å². The molecule has 1 aromatic rings. The highest BCUT2D eigenvalue weighted by molar-refractivity contribution is 5.77. The molecule has 1 amide bonds. The fraction of sp³-hybridized carbons (Fsp3) is 0.562. The van der Waals surface area contributed by atoms with Gasteiger partial charge in [0.25, 0.3) is 0 Å². The first kappa shape index (κ1) is 15.0. The minimum atomic E-state index is -0.282. The summed E-state index contributed by atoms with van der Waals surface area (Å²) in [5.41, 5.74) is 7.07. The van der Waals surface area contributed by atoms with Crippen LogP contribution in [0.1, 0.15) is 44.7 Å². The predicted molar refractivity (Wildman–Crippen MR) is 77.5 cm³/mol. The molecule has 0 aliphatic carbocycles. The maximum Gasteiger partial charge on any atom is 0.223 e. The highest BCUT2D eigenvalue weighted by Crippen LogP contribution is 2.31. The lowest BCUT2D eigenvalue weighted by atomic mass is 9.95. The van der Waals surface area contributed by atoms with E-state index in [0.717, 1.165) is 18.4 Å². The molecule has 4 heteroatoms. The number of halogens is 1. The van der Waals surface area contributed by atoms with Crippen LogP contribution in [0.15, 0.2) is 24.3 Å². The third-order valence-electron chi connectivity index (χ3n) is 3.74. The van der Waals surface area contributed by atoms with Crippen molar-refractivity contribution in [3.63, 3.8) is 0 Å². The predicted octanol–water partition coefficient (Wildman–Crippen LogP) is 2.86. The molecule has 1 heterocycles. The Morgan fingerprint density at radius 3 is 2.85 bits per heavy atom. The van der Waals surface area contributed by atoms with Crippen molar-refractivity contribution >= 4 is 5.91 Å². The molecule has 0 bridgehead atoms. The lowest BCUT2D eigenvalue weighted by Crippen LogP contribution is -2.43. The van der Waals surface area contributed by atoms with E-state index in [-0.39, 0.29) is 23.8 Å². The molecule has 1 aliphatic heterocycles. The molecule has 0 aromatic heterocycles. The summed E-state index contributed by atoms with van der Waals surface area (Å²) in [6, 6.07) is 6.10. The number of benzene rings is 1. The summed E-state index contributed by atoms with van der Waals surface area (Å²) >= 11 is 0. The van der Waals surface area contributed by atoms with Gasteiger partial charge in [-0.2, -0.15) is 0 Å². The van der Waals surface area contributed by atoms with Gasteiger partial charge in [0, 0.05) is 19.0 Å². The number of hydrogen-bond donors (Lipinski definition) is 1. The van der Waals surface area contributed by atoms with Gasteiger partial charge < -0.3 is 10.6 Å². The van der Waals surface area contributed by atoms with Gasteiger partial charge in [-0.15, -0.1) is 0 Å². The average Bonchev–Trinajstić information content (AvgIpc) is 2.49. The maximum absolute atomic E-state index is 13.5. The molecule has 2 unspecified atom stereocenters. The first-order chi connectivity index (χ1) is 9.49. The number of carbonyl (C=O) groups is 1. The highest BCUT2D eigenvalue weighted by atomic mass is 19.1. The molecule has 2 atom stereocenters. The fourth-order valence-electron chi connectivity index (χ4n) is 2.90. The molecule has 1 saturated heterocycles. The number of nitrogens with zero attached hydrogens (tertiary/aromatic N) is 1. The van der Waals surface area contributed by atoms with Gasteiger partial charge >= 0.3 is 0 Å². The lowest BCUT2D eigenvalue weighted by molar-refractivity contribution is -0.133. The molecule has 3 nitrogen and oxygen atoms in total. The molecule has 110 valence electrons. The first-order valence-corrected chi connectivity index (χ1v) is 7.29. The average molecular weight is 278 g/mol. The molecule has 0 radical (unpaired) electrons. The second-order valence-corrected chi connectivity index (χ2v) is 6.00. The fourth-order valence-corrected chi connectivity index (χ4v) is 2.90. The van der Waals surface area contributed by atoms with Crippen molar-refractivity contribution in [3.8, 4) is 0 Å². The van der Waals surface area contributed by atoms with Crippen LogP contribution in [0.5, 0.6) is 0 Å². The largest absolute Gasteiger partial charge is 0.334 e. The van der Waals surface area contributed by atoms with Gasteiger partial charge in [0.2, 0.25) is 5.91 Å². The molecular weight excluding hydrogens is 255 g/mol. The van der Waals surface area contributed by atoms with E-state index < -0.39 is 0 Å². The zero-order chi connectivity index (χ0) is 14.7. The maximum atomic E-state index is 13.5. The molecule has 1 fully saturated rings. The molecule has 1 aromatic carbocycles. The molecule has 0 spiro atoms. The Hall–Kier alpha value is -1.42. The Bertz CT molecular complexity index is 475. The van der Waals surface area contributed by atoms with Gasteiger partial charge in [0.05, 0.1) is 6.04 Å². The number of likely N-dealkylation sites (tertiary alicyclic amines) is 1. The van der Waals surface area contributed by atoms with Crippen LogP contribution in [0.2, 0.25) is 0 Å². The molecule has 1 aliphatic rings. The molecule has 2 N–H and O–H groups in total. The van der Waals surface area contributed by atoms with Crippen LogP contribution >= 0.6 is 0 Å². The van der Waals surface area contributed by atoms with Crippen LogP contribution in [-0.2, 0) is 4.79 Å². The van der Waals surface area contributed by atoms with Crippen LogP contribution in [-0.4, -0.2) is 23.4 Å². The minimum absolute atomic E-state index is 0.126. The van der Waals surface area contributed by atoms with Crippen molar-refractivity contribution < 1.29 is 9.18 Å². The summed E-state index contributed by atoms with van der Waals surface area (Å²) in [6.45, 7) is 4.81. The molecule has 0 saturated carbocycles. The summed E-state index contributed by atoms with van der Waals surface area (Å²) in [5.74, 6) is 0.206. The number of amides is 1. The van der Waals surface area contributed by atoms with E-state index in [2.05, 4.69) is 13.8 Å². The van der Waals surface area contributed by atoms with E-state index in [0.29, 0.717) is 18.9 Å². The number of nitrogens with two attached hydrogens (primary N) is 1. The van der Waals surface area contributed by atoms with Gasteiger partial charge in [-0.3, -0.25) is 4.79 Å². The third kappa shape index (κ3) is 3.37. The highest BCUT2D eigenvalue weighted by Gasteiger charge is 2.33. The molecule has 2 rings (SSSR count). The Kier molecular flexibility index (Phi) is 4.76. The van der Waals surface area contributed by atoms with Crippen LogP contribution < -0.4 is 5.73 Å².